The Labute approximate surface area is 222 Å². The van der Waals surface area contributed by atoms with E-state index in [1.54, 1.807) is 17.9 Å². The first kappa shape index (κ1) is 28.7. The van der Waals surface area contributed by atoms with E-state index in [0.29, 0.717) is 18.7 Å². The molecule has 0 saturated heterocycles. The zero-order valence-corrected chi connectivity index (χ0v) is 23.4. The van der Waals surface area contributed by atoms with Gasteiger partial charge in [0.1, 0.15) is 6.04 Å². The van der Waals surface area contributed by atoms with Crippen LogP contribution in [0.2, 0.25) is 0 Å². The normalized spacial score (nSPS) is 15.1. The number of hydrogen-bond donors (Lipinski definition) is 1. The summed E-state index contributed by atoms with van der Waals surface area (Å²) in [4.78, 5) is 28.3. The second-order valence-electron chi connectivity index (χ2n) is 10.3. The van der Waals surface area contributed by atoms with Crippen LogP contribution in [0.25, 0.3) is 0 Å². The number of nitrogens with zero attached hydrogens (tertiary/aromatic N) is 2. The van der Waals surface area contributed by atoms with Crippen molar-refractivity contribution in [1.29, 1.82) is 0 Å². The fourth-order valence-electron chi connectivity index (χ4n) is 4.98. The Balaban J connectivity index is 1.72. The number of benzene rings is 2. The molecule has 1 fully saturated rings. The summed E-state index contributed by atoms with van der Waals surface area (Å²) < 4.78 is 26.4. The standard InChI is InChI=1S/C29H41N3O4S/c1-22-12-10-14-25(20-22)21-31(24(3)29(34)30-26-15-6-5-7-16-26)28(33)18-11-19-32(37(4,35)36)27-17-9-8-13-23(27)2/h8-10,12-14,17,20,24,26H,5-7,11,15-16,18-19,21H2,1-4H3,(H,30,34). The van der Waals surface area contributed by atoms with Crippen molar-refractivity contribution in [2.75, 3.05) is 17.1 Å². The van der Waals surface area contributed by atoms with Crippen molar-refractivity contribution in [2.24, 2.45) is 0 Å². The van der Waals surface area contributed by atoms with Gasteiger partial charge in [-0.05, 0) is 57.2 Å². The molecule has 2 amide bonds. The molecule has 0 heterocycles. The van der Waals surface area contributed by atoms with Crippen molar-refractivity contribution < 1.29 is 18.0 Å². The second kappa shape index (κ2) is 13.1. The summed E-state index contributed by atoms with van der Waals surface area (Å²) in [6, 6.07) is 14.8. The molecule has 1 unspecified atom stereocenters. The van der Waals surface area contributed by atoms with E-state index in [4.69, 9.17) is 0 Å². The van der Waals surface area contributed by atoms with Crippen LogP contribution in [0.4, 0.5) is 5.69 Å². The summed E-state index contributed by atoms with van der Waals surface area (Å²) in [5.41, 5.74) is 3.53. The third-order valence-electron chi connectivity index (χ3n) is 7.09. The van der Waals surface area contributed by atoms with Crippen molar-refractivity contribution in [3.8, 4) is 0 Å². The van der Waals surface area contributed by atoms with Crippen LogP contribution in [-0.4, -0.2) is 50.0 Å². The highest BCUT2D eigenvalue weighted by atomic mass is 32.2. The third-order valence-corrected chi connectivity index (χ3v) is 8.27. The lowest BCUT2D eigenvalue weighted by Gasteiger charge is -2.31. The lowest BCUT2D eigenvalue weighted by Crippen LogP contribution is -2.50. The Morgan fingerprint density at radius 1 is 1.03 bits per heavy atom. The maximum absolute atomic E-state index is 13.5. The van der Waals surface area contributed by atoms with Gasteiger partial charge in [-0.3, -0.25) is 13.9 Å². The second-order valence-corrected chi connectivity index (χ2v) is 12.2. The number of carbonyl (C=O) groups excluding carboxylic acids is 2. The summed E-state index contributed by atoms with van der Waals surface area (Å²) in [5.74, 6) is -0.295. The molecule has 1 saturated carbocycles. The molecule has 3 rings (SSSR count). The van der Waals surface area contributed by atoms with Gasteiger partial charge in [0, 0.05) is 25.6 Å². The van der Waals surface area contributed by atoms with Crippen molar-refractivity contribution in [2.45, 2.75) is 84.3 Å². The van der Waals surface area contributed by atoms with E-state index >= 15 is 0 Å². The van der Waals surface area contributed by atoms with E-state index in [1.165, 1.54) is 17.0 Å². The predicted octanol–water partition coefficient (Wildman–Crippen LogP) is 4.72. The van der Waals surface area contributed by atoms with Gasteiger partial charge in [-0.25, -0.2) is 8.42 Å². The van der Waals surface area contributed by atoms with Crippen LogP contribution in [0.5, 0.6) is 0 Å². The maximum Gasteiger partial charge on any atom is 0.242 e. The summed E-state index contributed by atoms with van der Waals surface area (Å²) in [6.45, 7) is 6.17. The summed E-state index contributed by atoms with van der Waals surface area (Å²) in [5, 5.41) is 3.15. The molecule has 2 aromatic rings. The molecule has 1 N–H and O–H groups in total. The first-order valence-electron chi connectivity index (χ1n) is 13.2. The fourth-order valence-corrected chi connectivity index (χ4v) is 6.01. The van der Waals surface area contributed by atoms with E-state index < -0.39 is 16.1 Å². The number of hydrogen-bond acceptors (Lipinski definition) is 4. The van der Waals surface area contributed by atoms with Crippen molar-refractivity contribution in [3.63, 3.8) is 0 Å². The highest BCUT2D eigenvalue weighted by Gasteiger charge is 2.28. The largest absolute Gasteiger partial charge is 0.352 e. The number of sulfonamides is 1. The summed E-state index contributed by atoms with van der Waals surface area (Å²) in [6.07, 6.45) is 7.06. The van der Waals surface area contributed by atoms with Gasteiger partial charge in [0.2, 0.25) is 21.8 Å². The predicted molar refractivity (Wildman–Crippen MR) is 149 cm³/mol. The van der Waals surface area contributed by atoms with Gasteiger partial charge < -0.3 is 10.2 Å². The lowest BCUT2D eigenvalue weighted by molar-refractivity contribution is -0.141. The molecular formula is C29H41N3O4S. The van der Waals surface area contributed by atoms with E-state index in [9.17, 15) is 18.0 Å². The smallest absolute Gasteiger partial charge is 0.242 e. The zero-order chi connectivity index (χ0) is 27.0. The number of nitrogens with one attached hydrogen (secondary N) is 1. The molecule has 8 heteroatoms. The van der Waals surface area contributed by atoms with Crippen molar-refractivity contribution in [3.05, 3.63) is 65.2 Å². The van der Waals surface area contributed by atoms with Crippen LogP contribution in [0, 0.1) is 13.8 Å². The molecule has 2 aromatic carbocycles. The maximum atomic E-state index is 13.5. The molecule has 0 bridgehead atoms. The molecule has 0 aromatic heterocycles. The van der Waals surface area contributed by atoms with Crippen LogP contribution < -0.4 is 9.62 Å². The molecule has 0 aliphatic heterocycles. The SMILES string of the molecule is Cc1cccc(CN(C(=O)CCCN(c2ccccc2C)S(C)(=O)=O)C(C)C(=O)NC2CCCCC2)c1. The quantitative estimate of drug-likeness (QED) is 0.458. The molecule has 7 nitrogen and oxygen atoms in total. The van der Waals surface area contributed by atoms with E-state index in [1.807, 2.05) is 56.3 Å². The third kappa shape index (κ3) is 8.32. The highest BCUT2D eigenvalue weighted by molar-refractivity contribution is 7.92. The van der Waals surface area contributed by atoms with Crippen molar-refractivity contribution in [1.82, 2.24) is 10.2 Å². The molecule has 37 heavy (non-hydrogen) atoms. The number of anilines is 1. The number of rotatable bonds is 11. The number of para-hydroxylation sites is 1. The first-order valence-corrected chi connectivity index (χ1v) is 15.1. The minimum absolute atomic E-state index is 0.134. The fraction of sp³-hybridized carbons (Fsp3) is 0.517. The van der Waals surface area contributed by atoms with Crippen LogP contribution in [-0.2, 0) is 26.2 Å². The number of carbonyl (C=O) groups is 2. The molecule has 1 atom stereocenters. The average molecular weight is 528 g/mol. The van der Waals surface area contributed by atoms with Gasteiger partial charge in [-0.1, -0.05) is 67.3 Å². The Bertz CT molecular complexity index is 1180. The Kier molecular flexibility index (Phi) is 10.1. The number of amides is 2. The monoisotopic (exact) mass is 527 g/mol. The zero-order valence-electron chi connectivity index (χ0n) is 22.6. The van der Waals surface area contributed by atoms with E-state index in [0.717, 1.165) is 42.4 Å². The van der Waals surface area contributed by atoms with Crippen LogP contribution in [0.15, 0.2) is 48.5 Å². The molecule has 202 valence electrons. The van der Waals surface area contributed by atoms with Gasteiger partial charge in [0.15, 0.2) is 0 Å². The summed E-state index contributed by atoms with van der Waals surface area (Å²) in [7, 11) is -3.51. The lowest BCUT2D eigenvalue weighted by atomic mass is 9.95. The minimum Gasteiger partial charge on any atom is -0.352 e. The van der Waals surface area contributed by atoms with Crippen molar-refractivity contribution >= 4 is 27.5 Å². The van der Waals surface area contributed by atoms with Gasteiger partial charge in [0.25, 0.3) is 0 Å². The first-order chi connectivity index (χ1) is 17.6. The van der Waals surface area contributed by atoms with Gasteiger partial charge >= 0.3 is 0 Å². The van der Waals surface area contributed by atoms with E-state index in [-0.39, 0.29) is 30.8 Å². The van der Waals surface area contributed by atoms with Crippen LogP contribution in [0.1, 0.15) is 68.6 Å². The van der Waals surface area contributed by atoms with E-state index in [2.05, 4.69) is 5.32 Å². The average Bonchev–Trinajstić information content (AvgIpc) is 2.85. The summed E-state index contributed by atoms with van der Waals surface area (Å²) >= 11 is 0. The Morgan fingerprint density at radius 2 is 1.73 bits per heavy atom. The Morgan fingerprint density at radius 3 is 2.38 bits per heavy atom. The van der Waals surface area contributed by atoms with Gasteiger partial charge in [-0.15, -0.1) is 0 Å². The molecule has 1 aliphatic rings. The topological polar surface area (TPSA) is 86.8 Å². The Hall–Kier alpha value is -2.87. The number of aryl methyl sites for hydroxylation is 2. The molecule has 0 spiro atoms. The van der Waals surface area contributed by atoms with Crippen LogP contribution in [0.3, 0.4) is 0 Å². The van der Waals surface area contributed by atoms with Gasteiger partial charge in [0.05, 0.1) is 11.9 Å². The molecule has 0 radical (unpaired) electrons. The molecular weight excluding hydrogens is 486 g/mol. The molecule has 1 aliphatic carbocycles. The van der Waals surface area contributed by atoms with Gasteiger partial charge in [-0.2, -0.15) is 0 Å². The van der Waals surface area contributed by atoms with Crippen LogP contribution >= 0.6 is 0 Å². The highest BCUT2D eigenvalue weighted by Crippen LogP contribution is 2.23. The minimum atomic E-state index is -3.51.